The lowest BCUT2D eigenvalue weighted by Gasteiger charge is -2.16. The van der Waals surface area contributed by atoms with Crippen LogP contribution in [0, 0.1) is 6.92 Å². The summed E-state index contributed by atoms with van der Waals surface area (Å²) in [4.78, 5) is 12.3. The number of carbonyl (C=O) groups is 1. The van der Waals surface area contributed by atoms with Crippen LogP contribution in [0.4, 0.5) is 5.69 Å². The molecular formula is C17H20N2O2. The van der Waals surface area contributed by atoms with Gasteiger partial charge in [0.15, 0.2) is 0 Å². The highest BCUT2D eigenvalue weighted by Gasteiger charge is 2.14. The second-order valence-corrected chi connectivity index (χ2v) is 4.99. The summed E-state index contributed by atoms with van der Waals surface area (Å²) in [6.45, 7) is 3.80. The minimum atomic E-state index is -0.122. The minimum Gasteiger partial charge on any atom is -0.497 e. The van der Waals surface area contributed by atoms with E-state index in [1.165, 1.54) is 0 Å². The van der Waals surface area contributed by atoms with Crippen molar-refractivity contribution in [3.8, 4) is 5.75 Å². The van der Waals surface area contributed by atoms with E-state index in [0.29, 0.717) is 11.3 Å². The Balaban J connectivity index is 2.12. The average molecular weight is 284 g/mol. The maximum atomic E-state index is 12.3. The lowest BCUT2D eigenvalue weighted by molar-refractivity contribution is 0.0939. The summed E-state index contributed by atoms with van der Waals surface area (Å²) in [6.07, 6.45) is 0. The SMILES string of the molecule is COc1ccc([C@@H](C)NC(=O)c2cccc(N)c2C)cc1. The molecule has 0 aliphatic rings. The van der Waals surface area contributed by atoms with Crippen LogP contribution in [0.2, 0.25) is 0 Å². The van der Waals surface area contributed by atoms with Crippen LogP contribution < -0.4 is 15.8 Å². The normalized spacial score (nSPS) is 11.8. The van der Waals surface area contributed by atoms with Crippen LogP contribution in [-0.4, -0.2) is 13.0 Å². The fraction of sp³-hybridized carbons (Fsp3) is 0.235. The molecule has 0 fully saturated rings. The van der Waals surface area contributed by atoms with E-state index in [9.17, 15) is 4.79 Å². The molecule has 4 nitrogen and oxygen atoms in total. The van der Waals surface area contributed by atoms with Crippen molar-refractivity contribution in [3.63, 3.8) is 0 Å². The maximum Gasteiger partial charge on any atom is 0.252 e. The van der Waals surface area contributed by atoms with Crippen molar-refractivity contribution in [1.29, 1.82) is 0 Å². The summed E-state index contributed by atoms with van der Waals surface area (Å²) in [5, 5.41) is 2.98. The third-order valence-electron chi connectivity index (χ3n) is 3.58. The summed E-state index contributed by atoms with van der Waals surface area (Å²) >= 11 is 0. The molecule has 110 valence electrons. The van der Waals surface area contributed by atoms with Crippen molar-refractivity contribution in [3.05, 3.63) is 59.2 Å². The standard InChI is InChI=1S/C17H20N2O2/c1-11-15(5-4-6-16(11)18)17(20)19-12(2)13-7-9-14(21-3)10-8-13/h4-10,12H,18H2,1-3H3,(H,19,20)/t12-/m1/s1. The van der Waals surface area contributed by atoms with Gasteiger partial charge in [-0.25, -0.2) is 0 Å². The van der Waals surface area contributed by atoms with Crippen LogP contribution in [-0.2, 0) is 0 Å². The van der Waals surface area contributed by atoms with Gasteiger partial charge in [-0.1, -0.05) is 18.2 Å². The first-order valence-electron chi connectivity index (χ1n) is 6.83. The molecule has 2 aromatic carbocycles. The zero-order valence-electron chi connectivity index (χ0n) is 12.5. The second kappa shape index (κ2) is 6.31. The van der Waals surface area contributed by atoms with Gasteiger partial charge in [-0.2, -0.15) is 0 Å². The number of nitrogen functional groups attached to an aromatic ring is 1. The van der Waals surface area contributed by atoms with E-state index >= 15 is 0 Å². The number of methoxy groups -OCH3 is 1. The van der Waals surface area contributed by atoms with Gasteiger partial charge in [0.1, 0.15) is 5.75 Å². The quantitative estimate of drug-likeness (QED) is 0.848. The number of nitrogens with one attached hydrogen (secondary N) is 1. The number of benzene rings is 2. The molecule has 2 aromatic rings. The molecule has 0 bridgehead atoms. The van der Waals surface area contributed by atoms with Crippen molar-refractivity contribution in [2.24, 2.45) is 0 Å². The Morgan fingerprint density at radius 3 is 2.48 bits per heavy atom. The topological polar surface area (TPSA) is 64.3 Å². The van der Waals surface area contributed by atoms with Crippen molar-refractivity contribution in [2.45, 2.75) is 19.9 Å². The van der Waals surface area contributed by atoms with E-state index in [1.54, 1.807) is 25.3 Å². The third kappa shape index (κ3) is 3.34. The first-order chi connectivity index (χ1) is 10.0. The lowest BCUT2D eigenvalue weighted by atomic mass is 10.0. The maximum absolute atomic E-state index is 12.3. The molecule has 4 heteroatoms. The van der Waals surface area contributed by atoms with E-state index in [-0.39, 0.29) is 11.9 Å². The first kappa shape index (κ1) is 14.9. The molecule has 0 saturated carbocycles. The summed E-state index contributed by atoms with van der Waals surface area (Å²) < 4.78 is 5.13. The van der Waals surface area contributed by atoms with Gasteiger partial charge in [0.25, 0.3) is 5.91 Å². The van der Waals surface area contributed by atoms with Crippen LogP contribution in [0.1, 0.15) is 34.5 Å². The zero-order chi connectivity index (χ0) is 15.4. The van der Waals surface area contributed by atoms with Gasteiger partial charge in [0, 0.05) is 11.3 Å². The molecule has 0 radical (unpaired) electrons. The Hall–Kier alpha value is -2.49. The van der Waals surface area contributed by atoms with Gasteiger partial charge in [-0.15, -0.1) is 0 Å². The molecule has 0 unspecified atom stereocenters. The molecule has 0 aliphatic heterocycles. The van der Waals surface area contributed by atoms with Crippen LogP contribution in [0.25, 0.3) is 0 Å². The summed E-state index contributed by atoms with van der Waals surface area (Å²) in [5.41, 5.74) is 8.89. The van der Waals surface area contributed by atoms with E-state index < -0.39 is 0 Å². The third-order valence-corrected chi connectivity index (χ3v) is 3.58. The number of nitrogens with two attached hydrogens (primary N) is 1. The predicted molar refractivity (Wildman–Crippen MR) is 84.5 cm³/mol. The zero-order valence-corrected chi connectivity index (χ0v) is 12.5. The van der Waals surface area contributed by atoms with E-state index in [4.69, 9.17) is 10.5 Å². The van der Waals surface area contributed by atoms with E-state index in [2.05, 4.69) is 5.32 Å². The van der Waals surface area contributed by atoms with E-state index in [1.807, 2.05) is 38.1 Å². The summed E-state index contributed by atoms with van der Waals surface area (Å²) in [5.74, 6) is 0.673. The lowest BCUT2D eigenvalue weighted by Crippen LogP contribution is -2.27. The van der Waals surface area contributed by atoms with Gasteiger partial charge >= 0.3 is 0 Å². The summed E-state index contributed by atoms with van der Waals surface area (Å²) in [7, 11) is 1.63. The Morgan fingerprint density at radius 1 is 1.19 bits per heavy atom. The number of hydrogen-bond donors (Lipinski definition) is 2. The molecule has 0 aliphatic carbocycles. The molecule has 1 atom stereocenters. The molecule has 0 aromatic heterocycles. The number of amides is 1. The fourth-order valence-corrected chi connectivity index (χ4v) is 2.15. The molecule has 21 heavy (non-hydrogen) atoms. The van der Waals surface area contributed by atoms with Crippen LogP contribution in [0.5, 0.6) is 5.75 Å². The highest BCUT2D eigenvalue weighted by Crippen LogP contribution is 2.19. The van der Waals surface area contributed by atoms with Crippen LogP contribution in [0.15, 0.2) is 42.5 Å². The highest BCUT2D eigenvalue weighted by molar-refractivity contribution is 5.97. The molecule has 2 rings (SSSR count). The number of rotatable bonds is 4. The molecular weight excluding hydrogens is 264 g/mol. The average Bonchev–Trinajstić information content (AvgIpc) is 2.50. The number of anilines is 1. The van der Waals surface area contributed by atoms with Gasteiger partial charge in [0.05, 0.1) is 13.2 Å². The molecule has 0 heterocycles. The first-order valence-corrected chi connectivity index (χ1v) is 6.83. The smallest absolute Gasteiger partial charge is 0.252 e. The van der Waals surface area contributed by atoms with E-state index in [0.717, 1.165) is 16.9 Å². The predicted octanol–water partition coefficient (Wildman–Crippen LogP) is 3.08. The number of hydrogen-bond acceptors (Lipinski definition) is 3. The van der Waals surface area contributed by atoms with Gasteiger partial charge in [-0.05, 0) is 49.2 Å². The van der Waals surface area contributed by atoms with Crippen molar-refractivity contribution in [2.75, 3.05) is 12.8 Å². The number of ether oxygens (including phenoxy) is 1. The minimum absolute atomic E-state index is 0.0933. The molecule has 1 amide bonds. The Bertz CT molecular complexity index is 636. The second-order valence-electron chi connectivity index (χ2n) is 4.99. The fourth-order valence-electron chi connectivity index (χ4n) is 2.15. The highest BCUT2D eigenvalue weighted by atomic mass is 16.5. The van der Waals surface area contributed by atoms with Gasteiger partial charge in [-0.3, -0.25) is 4.79 Å². The van der Waals surface area contributed by atoms with Gasteiger partial charge in [0.2, 0.25) is 0 Å². The van der Waals surface area contributed by atoms with Crippen molar-refractivity contribution >= 4 is 11.6 Å². The molecule has 0 saturated heterocycles. The molecule has 0 spiro atoms. The Kier molecular flexibility index (Phi) is 4.48. The monoisotopic (exact) mass is 284 g/mol. The summed E-state index contributed by atoms with van der Waals surface area (Å²) in [6, 6.07) is 12.9. The van der Waals surface area contributed by atoms with Crippen LogP contribution in [0.3, 0.4) is 0 Å². The number of carbonyl (C=O) groups excluding carboxylic acids is 1. The van der Waals surface area contributed by atoms with Gasteiger partial charge < -0.3 is 15.8 Å². The Morgan fingerprint density at radius 2 is 1.86 bits per heavy atom. The largest absolute Gasteiger partial charge is 0.497 e. The Labute approximate surface area is 124 Å². The van der Waals surface area contributed by atoms with Crippen LogP contribution >= 0.6 is 0 Å². The van der Waals surface area contributed by atoms with Crippen molar-refractivity contribution < 1.29 is 9.53 Å². The van der Waals surface area contributed by atoms with Crippen molar-refractivity contribution in [1.82, 2.24) is 5.32 Å². The molecule has 3 N–H and O–H groups in total.